The molecule has 7 heteroatoms. The van der Waals surface area contributed by atoms with Crippen molar-refractivity contribution in [2.45, 2.75) is 32.0 Å². The number of morpholine rings is 1. The number of nitrogens with two attached hydrogens (primary N) is 1. The van der Waals surface area contributed by atoms with Gasteiger partial charge < -0.3 is 20.7 Å². The molecular formula is C12H18N4O2S. The lowest BCUT2D eigenvalue weighted by atomic mass is 10.2. The van der Waals surface area contributed by atoms with Crippen molar-refractivity contribution in [1.82, 2.24) is 9.88 Å². The van der Waals surface area contributed by atoms with E-state index in [-0.39, 0.29) is 18.1 Å². The molecule has 3 rings (SSSR count). The van der Waals surface area contributed by atoms with Crippen LogP contribution in [0.1, 0.15) is 29.4 Å². The fourth-order valence-electron chi connectivity index (χ4n) is 2.64. The Morgan fingerprint density at radius 2 is 2.21 bits per heavy atom. The molecule has 3 N–H and O–H groups in total. The summed E-state index contributed by atoms with van der Waals surface area (Å²) in [6, 6.07) is 0. The fourth-order valence-corrected chi connectivity index (χ4v) is 3.56. The van der Waals surface area contributed by atoms with E-state index in [1.54, 1.807) is 0 Å². The van der Waals surface area contributed by atoms with Crippen molar-refractivity contribution < 1.29 is 9.53 Å². The molecule has 2 aliphatic rings. The molecule has 2 fully saturated rings. The van der Waals surface area contributed by atoms with E-state index in [9.17, 15) is 4.79 Å². The molecule has 2 bridgehead atoms. The van der Waals surface area contributed by atoms with Gasteiger partial charge in [-0.05, 0) is 19.8 Å². The van der Waals surface area contributed by atoms with Crippen molar-refractivity contribution in [3.63, 3.8) is 0 Å². The van der Waals surface area contributed by atoms with Gasteiger partial charge in [-0.25, -0.2) is 4.98 Å². The molecule has 2 saturated heterocycles. The Morgan fingerprint density at radius 1 is 1.53 bits per heavy atom. The number of carbonyl (C=O) groups excluding carboxylic acids is 1. The highest BCUT2D eigenvalue weighted by molar-refractivity contribution is 7.18. The van der Waals surface area contributed by atoms with Crippen molar-refractivity contribution >= 4 is 28.2 Å². The maximum Gasteiger partial charge on any atom is 0.268 e. The molecule has 2 unspecified atom stereocenters. The van der Waals surface area contributed by atoms with Crippen LogP contribution in [0, 0.1) is 0 Å². The maximum atomic E-state index is 12.5. The lowest BCUT2D eigenvalue weighted by Gasteiger charge is -2.31. The first-order valence-corrected chi connectivity index (χ1v) is 7.44. The minimum absolute atomic E-state index is 0.0145. The summed E-state index contributed by atoms with van der Waals surface area (Å²) < 4.78 is 5.74. The van der Waals surface area contributed by atoms with Crippen LogP contribution in [0.5, 0.6) is 0 Å². The van der Waals surface area contributed by atoms with Gasteiger partial charge in [0.2, 0.25) is 0 Å². The third-order valence-corrected chi connectivity index (χ3v) is 4.52. The minimum Gasteiger partial charge on any atom is -0.382 e. The second kappa shape index (κ2) is 4.97. The molecule has 104 valence electrons. The van der Waals surface area contributed by atoms with E-state index in [1.165, 1.54) is 11.3 Å². The molecular weight excluding hydrogens is 264 g/mol. The normalized spacial score (nSPS) is 25.6. The molecule has 19 heavy (non-hydrogen) atoms. The number of hydrogen-bond acceptors (Lipinski definition) is 6. The van der Waals surface area contributed by atoms with Crippen LogP contribution in [0.25, 0.3) is 0 Å². The number of nitrogen functional groups attached to an aromatic ring is 1. The molecule has 6 nitrogen and oxygen atoms in total. The Morgan fingerprint density at radius 3 is 2.84 bits per heavy atom. The molecule has 0 aromatic carbocycles. The molecule has 1 aromatic heterocycles. The Hall–Kier alpha value is -1.34. The van der Waals surface area contributed by atoms with Crippen molar-refractivity contribution in [2.24, 2.45) is 0 Å². The predicted molar refractivity (Wildman–Crippen MR) is 74.5 cm³/mol. The van der Waals surface area contributed by atoms with Gasteiger partial charge in [0.05, 0.1) is 12.2 Å². The largest absolute Gasteiger partial charge is 0.382 e. The predicted octanol–water partition coefficient (Wildman–Crippen LogP) is 1.16. The summed E-state index contributed by atoms with van der Waals surface area (Å²) in [4.78, 5) is 19.1. The van der Waals surface area contributed by atoms with Crippen LogP contribution in [0.3, 0.4) is 0 Å². The number of rotatable bonds is 3. The second-order valence-electron chi connectivity index (χ2n) is 4.93. The molecule has 0 aliphatic carbocycles. The zero-order chi connectivity index (χ0) is 13.4. The molecule has 1 amide bonds. The van der Waals surface area contributed by atoms with Crippen molar-refractivity contribution in [3.8, 4) is 0 Å². The smallest absolute Gasteiger partial charge is 0.268 e. The van der Waals surface area contributed by atoms with Gasteiger partial charge in [-0.3, -0.25) is 4.79 Å². The number of hydrogen-bond donors (Lipinski definition) is 2. The van der Waals surface area contributed by atoms with Crippen molar-refractivity contribution in [2.75, 3.05) is 30.7 Å². The number of nitrogens with zero attached hydrogens (tertiary/aromatic N) is 2. The van der Waals surface area contributed by atoms with Crippen LogP contribution in [0.2, 0.25) is 0 Å². The Kier molecular flexibility index (Phi) is 3.32. The monoisotopic (exact) mass is 282 g/mol. The zero-order valence-corrected chi connectivity index (χ0v) is 11.7. The number of fused-ring (bicyclic) bond motifs is 2. The summed E-state index contributed by atoms with van der Waals surface area (Å²) >= 11 is 1.33. The van der Waals surface area contributed by atoms with Crippen LogP contribution in [-0.4, -0.2) is 47.6 Å². The van der Waals surface area contributed by atoms with Crippen LogP contribution in [-0.2, 0) is 4.74 Å². The summed E-state index contributed by atoms with van der Waals surface area (Å²) in [5.74, 6) is 0.309. The summed E-state index contributed by atoms with van der Waals surface area (Å²) in [6.07, 6.45) is 2.50. The number of carbonyl (C=O) groups is 1. The second-order valence-corrected chi connectivity index (χ2v) is 5.93. The van der Waals surface area contributed by atoms with Gasteiger partial charge in [-0.15, -0.1) is 0 Å². The third-order valence-electron chi connectivity index (χ3n) is 3.51. The topological polar surface area (TPSA) is 80.5 Å². The van der Waals surface area contributed by atoms with Gasteiger partial charge in [0.15, 0.2) is 5.13 Å². The Balaban J connectivity index is 1.76. The van der Waals surface area contributed by atoms with Gasteiger partial charge in [-0.2, -0.15) is 0 Å². The average molecular weight is 282 g/mol. The number of nitrogens with one attached hydrogen (secondary N) is 1. The molecule has 3 heterocycles. The van der Waals surface area contributed by atoms with E-state index in [1.807, 2.05) is 11.8 Å². The highest BCUT2D eigenvalue weighted by atomic mass is 32.1. The van der Waals surface area contributed by atoms with Crippen molar-refractivity contribution in [3.05, 3.63) is 4.88 Å². The lowest BCUT2D eigenvalue weighted by molar-refractivity contribution is -0.0301. The third kappa shape index (κ3) is 2.40. The number of amides is 1. The number of aromatic nitrogens is 1. The zero-order valence-electron chi connectivity index (χ0n) is 10.9. The molecule has 2 aliphatic heterocycles. The van der Waals surface area contributed by atoms with Crippen LogP contribution in [0.4, 0.5) is 10.9 Å². The highest BCUT2D eigenvalue weighted by Gasteiger charge is 2.37. The molecule has 2 atom stereocenters. The Labute approximate surface area is 115 Å². The molecule has 0 spiro atoms. The molecule has 1 aromatic rings. The van der Waals surface area contributed by atoms with Crippen molar-refractivity contribution in [1.29, 1.82) is 0 Å². The number of thiazole rings is 1. The number of anilines is 2. The van der Waals surface area contributed by atoms with E-state index in [2.05, 4.69) is 10.3 Å². The summed E-state index contributed by atoms with van der Waals surface area (Å²) in [5, 5.41) is 3.80. The van der Waals surface area contributed by atoms with E-state index >= 15 is 0 Å². The standard InChI is InChI=1S/C12H18N4O2S/c1-2-14-12-15-10(13)9(19-12)11(17)16-5-7-3-4-8(6-16)18-7/h7-8H,2-6,13H2,1H3,(H,14,15). The first kappa shape index (κ1) is 12.7. The van der Waals surface area contributed by atoms with Crippen LogP contribution < -0.4 is 11.1 Å². The van der Waals surface area contributed by atoms with Crippen LogP contribution in [0.15, 0.2) is 0 Å². The van der Waals surface area contributed by atoms with Gasteiger partial charge in [0.1, 0.15) is 10.7 Å². The number of ether oxygens (including phenoxy) is 1. The van der Waals surface area contributed by atoms with Gasteiger partial charge >= 0.3 is 0 Å². The fraction of sp³-hybridized carbons (Fsp3) is 0.667. The van der Waals surface area contributed by atoms with E-state index in [0.717, 1.165) is 19.4 Å². The lowest BCUT2D eigenvalue weighted by Crippen LogP contribution is -2.45. The maximum absolute atomic E-state index is 12.5. The van der Waals surface area contributed by atoms with E-state index < -0.39 is 0 Å². The first-order valence-electron chi connectivity index (χ1n) is 6.62. The van der Waals surface area contributed by atoms with E-state index in [4.69, 9.17) is 10.5 Å². The average Bonchev–Trinajstić information content (AvgIpc) is 2.92. The number of likely N-dealkylation sites (tertiary alicyclic amines) is 1. The first-order chi connectivity index (χ1) is 9.17. The quantitative estimate of drug-likeness (QED) is 0.869. The summed E-state index contributed by atoms with van der Waals surface area (Å²) in [7, 11) is 0. The summed E-state index contributed by atoms with van der Waals surface area (Å²) in [6.45, 7) is 4.09. The minimum atomic E-state index is -0.0145. The molecule has 0 saturated carbocycles. The Bertz CT molecular complexity index is 478. The SMILES string of the molecule is CCNc1nc(N)c(C(=O)N2CC3CCC(C2)O3)s1. The van der Waals surface area contributed by atoms with Crippen LogP contribution >= 0.6 is 11.3 Å². The van der Waals surface area contributed by atoms with Gasteiger partial charge in [0.25, 0.3) is 5.91 Å². The highest BCUT2D eigenvalue weighted by Crippen LogP contribution is 2.30. The van der Waals surface area contributed by atoms with Gasteiger partial charge in [-0.1, -0.05) is 11.3 Å². The molecule has 0 radical (unpaired) electrons. The van der Waals surface area contributed by atoms with Gasteiger partial charge in [0, 0.05) is 19.6 Å². The summed E-state index contributed by atoms with van der Waals surface area (Å²) in [5.41, 5.74) is 5.84. The van der Waals surface area contributed by atoms with E-state index in [0.29, 0.717) is 28.9 Å².